The number of esters is 2. The maximum Gasteiger partial charge on any atom is 0.339 e. The molecule has 0 bridgehead atoms. The van der Waals surface area contributed by atoms with Gasteiger partial charge in [-0.2, -0.15) is 0 Å². The third-order valence-corrected chi connectivity index (χ3v) is 8.48. The van der Waals surface area contributed by atoms with E-state index in [0.717, 1.165) is 25.9 Å². The third kappa shape index (κ3) is 22.6. The molecule has 1 rings (SSSR count). The van der Waals surface area contributed by atoms with Gasteiger partial charge in [0.25, 0.3) is 0 Å². The van der Waals surface area contributed by atoms with E-state index < -0.39 is 0 Å². The molecule has 0 atom stereocenters. The van der Waals surface area contributed by atoms with Gasteiger partial charge >= 0.3 is 11.9 Å². The van der Waals surface area contributed by atoms with Gasteiger partial charge in [0.15, 0.2) is 0 Å². The smallest absolute Gasteiger partial charge is 0.339 e. The van der Waals surface area contributed by atoms with Crippen molar-refractivity contribution in [2.45, 2.75) is 155 Å². The van der Waals surface area contributed by atoms with Crippen molar-refractivity contribution in [2.75, 3.05) is 40.6 Å². The highest BCUT2D eigenvalue weighted by molar-refractivity contribution is 5.93. The van der Waals surface area contributed by atoms with Crippen molar-refractivity contribution in [3.63, 3.8) is 0 Å². The summed E-state index contributed by atoms with van der Waals surface area (Å²) < 4.78 is 11.0. The zero-order valence-electron chi connectivity index (χ0n) is 29.2. The van der Waals surface area contributed by atoms with Gasteiger partial charge in [0.2, 0.25) is 0 Å². The average Bonchev–Trinajstić information content (AvgIpc) is 3.03. The van der Waals surface area contributed by atoms with E-state index in [1.165, 1.54) is 128 Å². The largest absolute Gasteiger partial charge is 0.446 e. The first-order valence-electron chi connectivity index (χ1n) is 18.3. The molecule has 0 aliphatic rings. The molecular formula is C38H68N2O4. The molecule has 1 aromatic carbocycles. The predicted octanol–water partition coefficient (Wildman–Crippen LogP) is 10.4. The number of carbonyl (C=O) groups excluding carboxylic acids is 2. The van der Waals surface area contributed by atoms with E-state index in [2.05, 4.69) is 13.8 Å². The zero-order chi connectivity index (χ0) is 32.1. The van der Waals surface area contributed by atoms with Crippen LogP contribution in [0.5, 0.6) is 0 Å². The van der Waals surface area contributed by atoms with E-state index in [4.69, 9.17) is 9.47 Å². The van der Waals surface area contributed by atoms with Gasteiger partial charge in [-0.1, -0.05) is 142 Å². The topological polar surface area (TPSA) is 59.1 Å². The van der Waals surface area contributed by atoms with Gasteiger partial charge < -0.3 is 9.47 Å². The monoisotopic (exact) mass is 617 g/mol. The number of nitrogens with zero attached hydrogens (tertiary/aromatic N) is 2. The summed E-state index contributed by atoms with van der Waals surface area (Å²) in [5.74, 6) is -0.746. The second-order valence-corrected chi connectivity index (χ2v) is 12.9. The molecule has 0 saturated heterocycles. The van der Waals surface area contributed by atoms with Crippen LogP contribution in [0.25, 0.3) is 0 Å². The van der Waals surface area contributed by atoms with Gasteiger partial charge in [0.05, 0.1) is 11.1 Å². The molecule has 0 aliphatic heterocycles. The Morgan fingerprint density at radius 3 is 0.977 bits per heavy atom. The second-order valence-electron chi connectivity index (χ2n) is 12.9. The number of carbonyl (C=O) groups is 2. The van der Waals surface area contributed by atoms with Gasteiger partial charge in [-0.25, -0.2) is 9.59 Å². The van der Waals surface area contributed by atoms with Gasteiger partial charge in [-0.05, 0) is 51.2 Å². The molecule has 0 amide bonds. The van der Waals surface area contributed by atoms with Crippen molar-refractivity contribution in [2.24, 2.45) is 0 Å². The van der Waals surface area contributed by atoms with Crippen LogP contribution in [0.1, 0.15) is 176 Å². The van der Waals surface area contributed by atoms with E-state index in [9.17, 15) is 9.59 Å². The lowest BCUT2D eigenvalue weighted by Crippen LogP contribution is -2.25. The minimum absolute atomic E-state index is 0.270. The van der Waals surface area contributed by atoms with Crippen molar-refractivity contribution < 1.29 is 19.1 Å². The summed E-state index contributed by atoms with van der Waals surface area (Å²) in [5.41, 5.74) is 0.886. The van der Waals surface area contributed by atoms with Gasteiger partial charge in [0, 0.05) is 13.1 Å². The molecule has 0 aliphatic carbocycles. The number of benzene rings is 1. The van der Waals surface area contributed by atoms with Crippen LogP contribution in [0.15, 0.2) is 24.3 Å². The van der Waals surface area contributed by atoms with Crippen LogP contribution in [-0.4, -0.2) is 62.4 Å². The van der Waals surface area contributed by atoms with Crippen LogP contribution >= 0.6 is 0 Å². The quantitative estimate of drug-likeness (QED) is 0.0487. The van der Waals surface area contributed by atoms with Crippen LogP contribution in [0.2, 0.25) is 0 Å². The van der Waals surface area contributed by atoms with Gasteiger partial charge in [0.1, 0.15) is 13.5 Å². The Morgan fingerprint density at radius 2 is 0.705 bits per heavy atom. The second kappa shape index (κ2) is 28.5. The summed E-state index contributed by atoms with van der Waals surface area (Å²) in [6.45, 7) is 6.91. The number of hydrogen-bond donors (Lipinski definition) is 0. The maximum atomic E-state index is 12.5. The first kappa shape index (κ1) is 40.1. The lowest BCUT2D eigenvalue weighted by Gasteiger charge is -2.17. The number of rotatable bonds is 30. The minimum atomic E-state index is -0.373. The van der Waals surface area contributed by atoms with Crippen molar-refractivity contribution in [3.05, 3.63) is 35.4 Å². The van der Waals surface area contributed by atoms with Crippen LogP contribution in [0.4, 0.5) is 0 Å². The molecule has 0 fully saturated rings. The van der Waals surface area contributed by atoms with E-state index in [0.29, 0.717) is 11.1 Å². The van der Waals surface area contributed by atoms with Crippen LogP contribution in [0, 0.1) is 0 Å². The summed E-state index contributed by atoms with van der Waals surface area (Å²) in [4.78, 5) is 29.1. The summed E-state index contributed by atoms with van der Waals surface area (Å²) in [7, 11) is 3.97. The van der Waals surface area contributed by atoms with E-state index in [-0.39, 0.29) is 25.4 Å². The maximum absolute atomic E-state index is 12.5. The van der Waals surface area contributed by atoms with Gasteiger partial charge in [-0.3, -0.25) is 9.80 Å². The van der Waals surface area contributed by atoms with Crippen molar-refractivity contribution in [3.8, 4) is 0 Å². The SMILES string of the molecule is CCCCCCCCCCCCCN(C)COC(=O)c1ccc(C(=O)OCN(C)CCCCCCCCCCCCC)cc1. The first-order valence-corrected chi connectivity index (χ1v) is 18.3. The van der Waals surface area contributed by atoms with Crippen LogP contribution in [0.3, 0.4) is 0 Å². The molecule has 0 aromatic heterocycles. The molecule has 1 aromatic rings. The lowest BCUT2D eigenvalue weighted by atomic mass is 10.1. The van der Waals surface area contributed by atoms with Gasteiger partial charge in [-0.15, -0.1) is 0 Å². The molecule has 6 heteroatoms. The highest BCUT2D eigenvalue weighted by atomic mass is 16.5. The molecule has 254 valence electrons. The fraction of sp³-hybridized carbons (Fsp3) is 0.789. The van der Waals surface area contributed by atoms with Crippen molar-refractivity contribution in [1.82, 2.24) is 9.80 Å². The Bertz CT molecular complexity index is 747. The molecule has 0 spiro atoms. The summed E-state index contributed by atoms with van der Waals surface area (Å²) >= 11 is 0. The highest BCUT2D eigenvalue weighted by Crippen LogP contribution is 2.13. The molecule has 0 radical (unpaired) electrons. The third-order valence-electron chi connectivity index (χ3n) is 8.48. The Kier molecular flexibility index (Phi) is 26.0. The Morgan fingerprint density at radius 1 is 0.455 bits per heavy atom. The average molecular weight is 617 g/mol. The Labute approximate surface area is 271 Å². The number of unbranched alkanes of at least 4 members (excludes halogenated alkanes) is 20. The summed E-state index contributed by atoms with van der Waals surface area (Å²) in [5, 5.41) is 0. The lowest BCUT2D eigenvalue weighted by molar-refractivity contribution is 0.0258. The number of hydrogen-bond acceptors (Lipinski definition) is 6. The molecule has 0 heterocycles. The molecule has 44 heavy (non-hydrogen) atoms. The standard InChI is InChI=1S/C38H68N2O4/c1-5-7-9-11-13-15-17-19-21-23-25-31-39(3)33-43-37(41)35-27-29-36(30-28-35)38(42)44-34-40(4)32-26-24-22-20-18-16-14-12-10-8-6-2/h27-30H,5-26,31-34H2,1-4H3. The normalized spacial score (nSPS) is 11.4. The van der Waals surface area contributed by atoms with Crippen molar-refractivity contribution in [1.29, 1.82) is 0 Å². The van der Waals surface area contributed by atoms with E-state index in [1.807, 2.05) is 23.9 Å². The fourth-order valence-corrected chi connectivity index (χ4v) is 5.47. The molecule has 6 nitrogen and oxygen atoms in total. The van der Waals surface area contributed by atoms with Crippen LogP contribution in [-0.2, 0) is 9.47 Å². The van der Waals surface area contributed by atoms with Crippen LogP contribution < -0.4 is 0 Å². The Hall–Kier alpha value is -1.92. The fourth-order valence-electron chi connectivity index (χ4n) is 5.47. The zero-order valence-corrected chi connectivity index (χ0v) is 29.2. The van der Waals surface area contributed by atoms with E-state index in [1.54, 1.807) is 24.3 Å². The van der Waals surface area contributed by atoms with Crippen molar-refractivity contribution >= 4 is 11.9 Å². The molecule has 0 N–H and O–H groups in total. The minimum Gasteiger partial charge on any atom is -0.446 e. The highest BCUT2D eigenvalue weighted by Gasteiger charge is 2.12. The summed E-state index contributed by atoms with van der Waals surface area (Å²) in [6, 6.07) is 6.55. The Balaban J connectivity index is 2.09. The summed E-state index contributed by atoms with van der Waals surface area (Å²) in [6.07, 6.45) is 29.1. The van der Waals surface area contributed by atoms with E-state index >= 15 is 0 Å². The first-order chi connectivity index (χ1) is 21.5. The molecular weight excluding hydrogens is 548 g/mol. The molecule has 0 saturated carbocycles. The predicted molar refractivity (Wildman–Crippen MR) is 185 cm³/mol. The number of ether oxygens (including phenoxy) is 2. The molecule has 0 unspecified atom stereocenters.